The van der Waals surface area contributed by atoms with Crippen molar-refractivity contribution in [1.29, 1.82) is 5.26 Å². The molecule has 3 heteroatoms. The van der Waals surface area contributed by atoms with E-state index in [9.17, 15) is 0 Å². The van der Waals surface area contributed by atoms with Gasteiger partial charge in [-0.1, -0.05) is 6.42 Å². The Labute approximate surface area is 106 Å². The maximum atomic E-state index is 8.89. The summed E-state index contributed by atoms with van der Waals surface area (Å²) in [5.41, 5.74) is -0.167. The Balaban J connectivity index is 3.40. The van der Waals surface area contributed by atoms with E-state index in [1.54, 1.807) is 0 Å². The molecule has 0 amide bonds. The maximum Gasteiger partial charge on any atom is 0.0683 e. The van der Waals surface area contributed by atoms with E-state index in [1.165, 1.54) is 12.8 Å². The first kappa shape index (κ1) is 16.4. The second kappa shape index (κ2) is 9.44. The van der Waals surface area contributed by atoms with E-state index in [0.717, 1.165) is 38.8 Å². The van der Waals surface area contributed by atoms with Gasteiger partial charge in [-0.15, -0.1) is 0 Å². The Morgan fingerprint density at radius 1 is 1.06 bits per heavy atom. The molecule has 0 radical (unpaired) electrons. The zero-order valence-electron chi connectivity index (χ0n) is 11.7. The highest BCUT2D eigenvalue weighted by Gasteiger charge is 2.15. The van der Waals surface area contributed by atoms with Crippen LogP contribution in [0.2, 0.25) is 0 Å². The van der Waals surface area contributed by atoms with E-state index in [-0.39, 0.29) is 5.41 Å². The molecule has 0 spiro atoms. The van der Waals surface area contributed by atoms with Gasteiger partial charge in [0.05, 0.1) is 11.5 Å². The van der Waals surface area contributed by atoms with E-state index >= 15 is 0 Å². The third-order valence-electron chi connectivity index (χ3n) is 3.09. The minimum absolute atomic E-state index is 0.167. The van der Waals surface area contributed by atoms with Gasteiger partial charge in [0.15, 0.2) is 0 Å². The third-order valence-corrected chi connectivity index (χ3v) is 3.09. The molecule has 1 N–H and O–H groups in total. The quantitative estimate of drug-likeness (QED) is 0.597. The van der Waals surface area contributed by atoms with Crippen LogP contribution in [0.15, 0.2) is 0 Å². The van der Waals surface area contributed by atoms with Gasteiger partial charge in [0.2, 0.25) is 0 Å². The zero-order chi connectivity index (χ0) is 13.1. The fraction of sp³-hybridized carbons (Fsp3) is 0.929. The van der Waals surface area contributed by atoms with E-state index < -0.39 is 0 Å². The summed E-state index contributed by atoms with van der Waals surface area (Å²) < 4.78 is 0. The monoisotopic (exact) mass is 240 g/mol. The Morgan fingerprint density at radius 3 is 2.18 bits per heavy atom. The van der Waals surface area contributed by atoms with E-state index in [0.29, 0.717) is 6.61 Å². The molecule has 0 aliphatic rings. The van der Waals surface area contributed by atoms with Crippen LogP contribution >= 0.6 is 0 Å². The standard InChI is InChI=1S/C14H28N2O/c1-14(2,13-15)9-5-7-11-16(3)10-6-4-8-12-17/h17H,4-12H2,1-3H3. The summed E-state index contributed by atoms with van der Waals surface area (Å²) in [6.45, 7) is 6.55. The molecule has 0 saturated carbocycles. The van der Waals surface area contributed by atoms with Crippen molar-refractivity contribution in [3.05, 3.63) is 0 Å². The molecule has 0 fully saturated rings. The van der Waals surface area contributed by atoms with Crippen molar-refractivity contribution in [2.75, 3.05) is 26.7 Å². The molecule has 0 bridgehead atoms. The van der Waals surface area contributed by atoms with Crippen LogP contribution in [0.4, 0.5) is 0 Å². The summed E-state index contributed by atoms with van der Waals surface area (Å²) in [5.74, 6) is 0. The van der Waals surface area contributed by atoms with E-state index in [1.807, 2.05) is 13.8 Å². The van der Waals surface area contributed by atoms with Gasteiger partial charge in [0, 0.05) is 6.61 Å². The molecule has 0 saturated heterocycles. The zero-order valence-corrected chi connectivity index (χ0v) is 11.7. The molecule has 3 nitrogen and oxygen atoms in total. The Hall–Kier alpha value is -0.590. The maximum absolute atomic E-state index is 8.89. The molecule has 0 heterocycles. The van der Waals surface area contributed by atoms with Gasteiger partial charge in [-0.25, -0.2) is 0 Å². The summed E-state index contributed by atoms with van der Waals surface area (Å²) in [6, 6.07) is 2.34. The van der Waals surface area contributed by atoms with Crippen LogP contribution in [0.5, 0.6) is 0 Å². The van der Waals surface area contributed by atoms with Crippen LogP contribution in [0.25, 0.3) is 0 Å². The van der Waals surface area contributed by atoms with Crippen LogP contribution in [0, 0.1) is 16.7 Å². The lowest BCUT2D eigenvalue weighted by molar-refractivity contribution is 0.270. The second-order valence-electron chi connectivity index (χ2n) is 5.54. The average Bonchev–Trinajstić information content (AvgIpc) is 2.30. The molecule has 17 heavy (non-hydrogen) atoms. The summed E-state index contributed by atoms with van der Waals surface area (Å²) in [5, 5.41) is 17.6. The molecule has 100 valence electrons. The lowest BCUT2D eigenvalue weighted by Crippen LogP contribution is -2.21. The molecule has 0 aromatic heterocycles. The molecule has 0 aliphatic heterocycles. The smallest absolute Gasteiger partial charge is 0.0683 e. The van der Waals surface area contributed by atoms with Gasteiger partial charge in [-0.3, -0.25) is 0 Å². The van der Waals surface area contributed by atoms with Crippen molar-refractivity contribution >= 4 is 0 Å². The number of nitriles is 1. The summed E-state index contributed by atoms with van der Waals surface area (Å²) in [7, 11) is 2.15. The Bertz CT molecular complexity index is 221. The molecule has 0 aromatic carbocycles. The summed E-state index contributed by atoms with van der Waals surface area (Å²) in [4.78, 5) is 2.34. The van der Waals surface area contributed by atoms with Gasteiger partial charge < -0.3 is 10.0 Å². The predicted molar refractivity (Wildman–Crippen MR) is 71.7 cm³/mol. The van der Waals surface area contributed by atoms with Crippen molar-refractivity contribution in [3.8, 4) is 6.07 Å². The highest BCUT2D eigenvalue weighted by molar-refractivity contribution is 4.91. The highest BCUT2D eigenvalue weighted by Crippen LogP contribution is 2.21. The fourth-order valence-electron chi connectivity index (χ4n) is 1.79. The van der Waals surface area contributed by atoms with Crippen LogP contribution in [-0.4, -0.2) is 36.8 Å². The summed E-state index contributed by atoms with van der Waals surface area (Å²) in [6.07, 6.45) is 6.48. The normalized spacial score (nSPS) is 11.8. The van der Waals surface area contributed by atoms with Crippen molar-refractivity contribution in [1.82, 2.24) is 4.90 Å². The number of unbranched alkanes of at least 4 members (excludes halogenated alkanes) is 3. The molecule has 0 aliphatic carbocycles. The number of aliphatic hydroxyl groups is 1. The fourth-order valence-corrected chi connectivity index (χ4v) is 1.79. The van der Waals surface area contributed by atoms with E-state index in [2.05, 4.69) is 18.0 Å². The topological polar surface area (TPSA) is 47.3 Å². The van der Waals surface area contributed by atoms with Crippen LogP contribution in [0.1, 0.15) is 52.4 Å². The number of nitrogens with zero attached hydrogens (tertiary/aromatic N) is 2. The number of rotatable bonds is 10. The Kier molecular flexibility index (Phi) is 9.11. The first-order valence-corrected chi connectivity index (χ1v) is 6.72. The van der Waals surface area contributed by atoms with Crippen molar-refractivity contribution in [2.45, 2.75) is 52.4 Å². The van der Waals surface area contributed by atoms with Gasteiger partial charge in [-0.2, -0.15) is 5.26 Å². The summed E-state index contributed by atoms with van der Waals surface area (Å²) >= 11 is 0. The van der Waals surface area contributed by atoms with Crippen molar-refractivity contribution in [3.63, 3.8) is 0 Å². The third kappa shape index (κ3) is 10.3. The highest BCUT2D eigenvalue weighted by atomic mass is 16.2. The second-order valence-corrected chi connectivity index (χ2v) is 5.54. The van der Waals surface area contributed by atoms with Crippen molar-refractivity contribution < 1.29 is 5.11 Å². The minimum atomic E-state index is -0.167. The van der Waals surface area contributed by atoms with Gasteiger partial charge in [0.1, 0.15) is 0 Å². The van der Waals surface area contributed by atoms with Crippen LogP contribution < -0.4 is 0 Å². The lowest BCUT2D eigenvalue weighted by atomic mass is 9.89. The van der Waals surface area contributed by atoms with E-state index in [4.69, 9.17) is 10.4 Å². The van der Waals surface area contributed by atoms with Crippen LogP contribution in [-0.2, 0) is 0 Å². The van der Waals surface area contributed by atoms with Gasteiger partial charge in [-0.05, 0) is 66.1 Å². The number of hydrogen-bond donors (Lipinski definition) is 1. The molecule has 0 aromatic rings. The van der Waals surface area contributed by atoms with Crippen LogP contribution in [0.3, 0.4) is 0 Å². The lowest BCUT2D eigenvalue weighted by Gasteiger charge is -2.18. The minimum Gasteiger partial charge on any atom is -0.396 e. The number of hydrogen-bond acceptors (Lipinski definition) is 3. The molecular formula is C14H28N2O. The molecule has 0 atom stereocenters. The largest absolute Gasteiger partial charge is 0.396 e. The Morgan fingerprint density at radius 2 is 1.65 bits per heavy atom. The first-order valence-electron chi connectivity index (χ1n) is 6.72. The van der Waals surface area contributed by atoms with Gasteiger partial charge >= 0.3 is 0 Å². The SMILES string of the molecule is CN(CCCCCO)CCCCC(C)(C)C#N. The number of aliphatic hydroxyl groups excluding tert-OH is 1. The van der Waals surface area contributed by atoms with Gasteiger partial charge in [0.25, 0.3) is 0 Å². The molecule has 0 unspecified atom stereocenters. The molecular weight excluding hydrogens is 212 g/mol. The predicted octanol–water partition coefficient (Wildman–Crippen LogP) is 2.80. The average molecular weight is 240 g/mol. The molecule has 0 rings (SSSR count). The van der Waals surface area contributed by atoms with Crippen molar-refractivity contribution in [2.24, 2.45) is 5.41 Å². The first-order chi connectivity index (χ1) is 8.02.